The van der Waals surface area contributed by atoms with Crippen LogP contribution in [0.4, 0.5) is 0 Å². The Morgan fingerprint density at radius 1 is 0.921 bits per heavy atom. The first-order chi connectivity index (χ1) is 18.5. The van der Waals surface area contributed by atoms with Crippen molar-refractivity contribution in [1.82, 2.24) is 4.90 Å². The molecule has 1 heterocycles. The van der Waals surface area contributed by atoms with Gasteiger partial charge in [0.15, 0.2) is 11.5 Å². The number of Topliss-reactive ketones (excluding diaryl/α,β-unsaturated/α-hetero) is 1. The smallest absolute Gasteiger partial charge is 0.295 e. The zero-order chi connectivity index (χ0) is 27.1. The molecule has 8 nitrogen and oxygen atoms in total. The van der Waals surface area contributed by atoms with Crippen LogP contribution in [-0.2, 0) is 20.9 Å². The van der Waals surface area contributed by atoms with Crippen molar-refractivity contribution in [2.45, 2.75) is 19.6 Å². The van der Waals surface area contributed by atoms with Crippen LogP contribution in [0.3, 0.4) is 0 Å². The number of carbonyl (C=O) groups excluding carboxylic acids is 2. The van der Waals surface area contributed by atoms with Crippen molar-refractivity contribution in [1.29, 1.82) is 0 Å². The Balaban J connectivity index is 1.76. The molecule has 0 aliphatic carbocycles. The monoisotopic (exact) mass is 517 g/mol. The van der Waals surface area contributed by atoms with Gasteiger partial charge in [-0.05, 0) is 54.4 Å². The molecule has 4 rings (SSSR count). The minimum Gasteiger partial charge on any atom is -0.507 e. The molecule has 1 unspecified atom stereocenters. The second-order valence-corrected chi connectivity index (χ2v) is 8.63. The molecule has 0 radical (unpaired) electrons. The number of hydrogen-bond donors (Lipinski definition) is 1. The van der Waals surface area contributed by atoms with Gasteiger partial charge in [0.05, 0.1) is 31.9 Å². The Bertz CT molecular complexity index is 1300. The number of hydrogen-bond acceptors (Lipinski definition) is 7. The van der Waals surface area contributed by atoms with Crippen LogP contribution in [0.2, 0.25) is 0 Å². The minimum absolute atomic E-state index is 0.00308. The maximum Gasteiger partial charge on any atom is 0.295 e. The molecule has 8 heteroatoms. The van der Waals surface area contributed by atoms with E-state index in [0.29, 0.717) is 41.6 Å². The van der Waals surface area contributed by atoms with Crippen molar-refractivity contribution in [3.8, 4) is 17.2 Å². The number of benzene rings is 3. The molecule has 0 bridgehead atoms. The van der Waals surface area contributed by atoms with E-state index in [0.717, 1.165) is 5.56 Å². The Morgan fingerprint density at radius 2 is 1.66 bits per heavy atom. The molecule has 38 heavy (non-hydrogen) atoms. The fourth-order valence-electron chi connectivity index (χ4n) is 4.37. The Hall–Kier alpha value is -4.30. The predicted molar refractivity (Wildman–Crippen MR) is 142 cm³/mol. The Labute approximate surface area is 222 Å². The van der Waals surface area contributed by atoms with E-state index in [4.69, 9.17) is 18.9 Å². The highest BCUT2D eigenvalue weighted by Crippen LogP contribution is 2.42. The van der Waals surface area contributed by atoms with Gasteiger partial charge in [0.1, 0.15) is 18.1 Å². The summed E-state index contributed by atoms with van der Waals surface area (Å²) >= 11 is 0. The lowest BCUT2D eigenvalue weighted by Crippen LogP contribution is -2.32. The van der Waals surface area contributed by atoms with Crippen molar-refractivity contribution < 1.29 is 33.6 Å². The van der Waals surface area contributed by atoms with Crippen LogP contribution in [-0.4, -0.2) is 55.7 Å². The predicted octanol–water partition coefficient (Wildman–Crippen LogP) is 4.74. The summed E-state index contributed by atoms with van der Waals surface area (Å²) in [5.74, 6) is -0.123. The molecule has 3 aromatic rings. The zero-order valence-corrected chi connectivity index (χ0v) is 21.7. The van der Waals surface area contributed by atoms with Crippen LogP contribution < -0.4 is 14.2 Å². The molecule has 198 valence electrons. The topological polar surface area (TPSA) is 94.5 Å². The van der Waals surface area contributed by atoms with Crippen molar-refractivity contribution >= 4 is 17.4 Å². The van der Waals surface area contributed by atoms with Gasteiger partial charge in [-0.3, -0.25) is 9.59 Å². The quantitative estimate of drug-likeness (QED) is 0.223. The molecule has 1 amide bonds. The van der Waals surface area contributed by atoms with Crippen LogP contribution in [0.15, 0.2) is 78.4 Å². The van der Waals surface area contributed by atoms with Crippen LogP contribution in [0.5, 0.6) is 17.2 Å². The van der Waals surface area contributed by atoms with Gasteiger partial charge < -0.3 is 29.0 Å². The van der Waals surface area contributed by atoms with E-state index in [-0.39, 0.29) is 24.5 Å². The van der Waals surface area contributed by atoms with E-state index in [2.05, 4.69) is 0 Å². The first-order valence-corrected chi connectivity index (χ1v) is 12.3. The van der Waals surface area contributed by atoms with Crippen molar-refractivity contribution in [3.63, 3.8) is 0 Å². The van der Waals surface area contributed by atoms with Gasteiger partial charge in [-0.25, -0.2) is 0 Å². The number of ether oxygens (including phenoxy) is 4. The van der Waals surface area contributed by atoms with E-state index in [1.54, 1.807) is 49.6 Å². The molecule has 1 aliphatic rings. The summed E-state index contributed by atoms with van der Waals surface area (Å²) in [6, 6.07) is 20.8. The van der Waals surface area contributed by atoms with E-state index in [1.807, 2.05) is 37.3 Å². The normalized spacial score (nSPS) is 16.5. The average Bonchev–Trinajstić information content (AvgIpc) is 3.20. The third kappa shape index (κ3) is 5.65. The van der Waals surface area contributed by atoms with Crippen LogP contribution in [0, 0.1) is 0 Å². The Morgan fingerprint density at radius 3 is 2.32 bits per heavy atom. The van der Waals surface area contributed by atoms with Crippen LogP contribution in [0.25, 0.3) is 5.76 Å². The fourth-order valence-corrected chi connectivity index (χ4v) is 4.37. The largest absolute Gasteiger partial charge is 0.507 e. The summed E-state index contributed by atoms with van der Waals surface area (Å²) in [7, 11) is 3.06. The van der Waals surface area contributed by atoms with Gasteiger partial charge in [-0.1, -0.05) is 36.4 Å². The second kappa shape index (κ2) is 12.3. The molecule has 1 atom stereocenters. The number of amides is 1. The number of methoxy groups -OCH3 is 2. The van der Waals surface area contributed by atoms with Gasteiger partial charge in [0, 0.05) is 19.2 Å². The van der Waals surface area contributed by atoms with Crippen molar-refractivity contribution in [3.05, 3.63) is 95.1 Å². The number of aliphatic hydroxyl groups excluding tert-OH is 1. The molecule has 0 saturated carbocycles. The highest BCUT2D eigenvalue weighted by atomic mass is 16.5. The maximum absolute atomic E-state index is 13.2. The zero-order valence-electron chi connectivity index (χ0n) is 21.7. The van der Waals surface area contributed by atoms with Crippen molar-refractivity contribution in [2.24, 2.45) is 0 Å². The third-order valence-electron chi connectivity index (χ3n) is 6.26. The summed E-state index contributed by atoms with van der Waals surface area (Å²) in [6.07, 6.45) is 0. The first kappa shape index (κ1) is 26.8. The van der Waals surface area contributed by atoms with Crippen LogP contribution in [0.1, 0.15) is 29.7 Å². The lowest BCUT2D eigenvalue weighted by molar-refractivity contribution is -0.140. The Kier molecular flexibility index (Phi) is 8.66. The van der Waals surface area contributed by atoms with Gasteiger partial charge in [0.25, 0.3) is 11.7 Å². The van der Waals surface area contributed by atoms with Gasteiger partial charge >= 0.3 is 0 Å². The molecule has 1 N–H and O–H groups in total. The number of carbonyl (C=O) groups is 2. The summed E-state index contributed by atoms with van der Waals surface area (Å²) in [5.41, 5.74) is 2.00. The molecule has 1 saturated heterocycles. The van der Waals surface area contributed by atoms with E-state index in [9.17, 15) is 14.7 Å². The standard InChI is InChI=1S/C30H31NO7/c1-4-37-25-18-22(12-15-24(25)38-19-20-8-6-5-7-9-20)27-26(29(33)30(34)31(27)16-17-35-2)28(32)21-10-13-23(36-3)14-11-21/h5-15,18,27,32H,4,16-17,19H2,1-3H3/b28-26+. The number of rotatable bonds is 11. The molecular weight excluding hydrogens is 486 g/mol. The number of nitrogens with zero attached hydrogens (tertiary/aromatic N) is 1. The van der Waals surface area contributed by atoms with E-state index >= 15 is 0 Å². The summed E-state index contributed by atoms with van der Waals surface area (Å²) in [5, 5.41) is 11.2. The number of aliphatic hydroxyl groups is 1. The second-order valence-electron chi connectivity index (χ2n) is 8.63. The first-order valence-electron chi connectivity index (χ1n) is 12.3. The van der Waals surface area contributed by atoms with Crippen molar-refractivity contribution in [2.75, 3.05) is 34.0 Å². The molecule has 1 aliphatic heterocycles. The molecule has 0 aromatic heterocycles. The van der Waals surface area contributed by atoms with Gasteiger partial charge in [-0.2, -0.15) is 0 Å². The average molecular weight is 518 g/mol. The highest BCUT2D eigenvalue weighted by Gasteiger charge is 2.46. The van der Waals surface area contributed by atoms with Crippen LogP contribution >= 0.6 is 0 Å². The van der Waals surface area contributed by atoms with E-state index in [1.165, 1.54) is 12.0 Å². The molecule has 1 fully saturated rings. The lowest BCUT2D eigenvalue weighted by Gasteiger charge is -2.26. The lowest BCUT2D eigenvalue weighted by atomic mass is 9.95. The molecule has 3 aromatic carbocycles. The van der Waals surface area contributed by atoms with Gasteiger partial charge in [0.2, 0.25) is 0 Å². The fraction of sp³-hybridized carbons (Fsp3) is 0.267. The highest BCUT2D eigenvalue weighted by molar-refractivity contribution is 6.46. The maximum atomic E-state index is 13.2. The SMILES string of the molecule is CCOc1cc(C2/C(=C(\O)c3ccc(OC)cc3)C(=O)C(=O)N2CCOC)ccc1OCc1ccccc1. The number of likely N-dealkylation sites (tertiary alicyclic amines) is 1. The third-order valence-corrected chi connectivity index (χ3v) is 6.26. The minimum atomic E-state index is -0.838. The molecule has 0 spiro atoms. The summed E-state index contributed by atoms with van der Waals surface area (Å²) in [4.78, 5) is 27.7. The van der Waals surface area contributed by atoms with Gasteiger partial charge in [-0.15, -0.1) is 0 Å². The summed E-state index contributed by atoms with van der Waals surface area (Å²) < 4.78 is 22.3. The molecular formula is C30H31NO7. The summed E-state index contributed by atoms with van der Waals surface area (Å²) in [6.45, 7) is 3.00. The van der Waals surface area contributed by atoms with E-state index < -0.39 is 17.7 Å². The number of ketones is 1.